The highest BCUT2D eigenvalue weighted by atomic mass is 35.5. The molecule has 1 atom stereocenters. The van der Waals surface area contributed by atoms with Crippen LogP contribution >= 0.6 is 23.4 Å². The number of anilines is 1. The number of aryl methyl sites for hydroxylation is 1. The van der Waals surface area contributed by atoms with Crippen LogP contribution in [0.25, 0.3) is 0 Å². The minimum Gasteiger partial charge on any atom is -0.493 e. The Morgan fingerprint density at radius 3 is 2.46 bits per heavy atom. The van der Waals surface area contributed by atoms with Gasteiger partial charge in [0.15, 0.2) is 11.5 Å². The van der Waals surface area contributed by atoms with E-state index in [4.69, 9.17) is 21.1 Å². The van der Waals surface area contributed by atoms with Gasteiger partial charge in [-0.2, -0.15) is 11.8 Å². The summed E-state index contributed by atoms with van der Waals surface area (Å²) in [5.74, 6) is 1.06. The van der Waals surface area contributed by atoms with Crippen LogP contribution < -0.4 is 14.8 Å². The Bertz CT molecular complexity index is 1170. The minimum atomic E-state index is -0.523. The molecule has 3 amide bonds. The van der Waals surface area contributed by atoms with Gasteiger partial charge in [0.25, 0.3) is 11.8 Å². The third-order valence-corrected chi connectivity index (χ3v) is 7.69. The number of benzene rings is 2. The number of imide groups is 1. The van der Waals surface area contributed by atoms with Gasteiger partial charge in [-0.3, -0.25) is 19.3 Å². The Morgan fingerprint density at radius 1 is 1.03 bits per heavy atom. The van der Waals surface area contributed by atoms with E-state index in [1.54, 1.807) is 31.0 Å². The minimum absolute atomic E-state index is 0.232. The van der Waals surface area contributed by atoms with E-state index in [0.29, 0.717) is 53.8 Å². The normalized spacial score (nSPS) is 13.4. The number of hydrogen-bond donors (Lipinski definition) is 1. The highest BCUT2D eigenvalue weighted by Gasteiger charge is 2.43. The number of nitrogens with zero attached hydrogens (tertiary/aromatic N) is 1. The van der Waals surface area contributed by atoms with E-state index in [1.165, 1.54) is 4.90 Å². The maximum Gasteiger partial charge on any atom is 0.264 e. The molecule has 212 valence electrons. The van der Waals surface area contributed by atoms with Crippen molar-refractivity contribution < 1.29 is 23.9 Å². The van der Waals surface area contributed by atoms with Crippen LogP contribution in [-0.4, -0.2) is 54.2 Å². The van der Waals surface area contributed by atoms with Crippen LogP contribution in [0.2, 0.25) is 0 Å². The number of amides is 3. The van der Waals surface area contributed by atoms with Gasteiger partial charge in [-0.25, -0.2) is 0 Å². The average molecular weight is 575 g/mol. The summed E-state index contributed by atoms with van der Waals surface area (Å²) in [5.41, 5.74) is 2.66. The number of unbranched alkanes of at least 4 members (excludes halogenated alkanes) is 3. The smallest absolute Gasteiger partial charge is 0.264 e. The topological polar surface area (TPSA) is 84.9 Å². The molecule has 0 saturated carbocycles. The van der Waals surface area contributed by atoms with Crippen molar-refractivity contribution in [2.45, 2.75) is 64.8 Å². The quantitative estimate of drug-likeness (QED) is 0.134. The average Bonchev–Trinajstić information content (AvgIpc) is 3.20. The van der Waals surface area contributed by atoms with E-state index in [9.17, 15) is 14.4 Å². The molecule has 0 aliphatic carbocycles. The van der Waals surface area contributed by atoms with Gasteiger partial charge in [-0.15, -0.1) is 11.6 Å². The number of ether oxygens (including phenoxy) is 2. The Morgan fingerprint density at radius 2 is 1.79 bits per heavy atom. The predicted molar refractivity (Wildman–Crippen MR) is 159 cm³/mol. The maximum atomic E-state index is 14.1. The molecular formula is C30H39ClN2O5S. The second-order valence-electron chi connectivity index (χ2n) is 9.47. The second-order valence-corrected chi connectivity index (χ2v) is 10.8. The lowest BCUT2D eigenvalue weighted by atomic mass is 9.96. The lowest BCUT2D eigenvalue weighted by Crippen LogP contribution is -2.35. The summed E-state index contributed by atoms with van der Waals surface area (Å²) >= 11 is 7.31. The van der Waals surface area contributed by atoms with Crippen LogP contribution in [0, 0.1) is 0 Å². The third-order valence-electron chi connectivity index (χ3n) is 6.78. The molecule has 3 rings (SSSR count). The largest absolute Gasteiger partial charge is 0.493 e. The van der Waals surface area contributed by atoms with Crippen LogP contribution in [0.3, 0.4) is 0 Å². The van der Waals surface area contributed by atoms with Crippen molar-refractivity contribution in [1.82, 2.24) is 4.90 Å². The number of halogens is 1. The number of fused-ring (bicyclic) bond motifs is 1. The van der Waals surface area contributed by atoms with E-state index in [2.05, 4.69) is 12.2 Å². The number of thioether (sulfide) groups is 1. The summed E-state index contributed by atoms with van der Waals surface area (Å²) in [6, 6.07) is 8.62. The Labute approximate surface area is 240 Å². The van der Waals surface area contributed by atoms with Gasteiger partial charge in [0.2, 0.25) is 5.91 Å². The van der Waals surface area contributed by atoms with Gasteiger partial charge >= 0.3 is 0 Å². The molecule has 0 spiro atoms. The van der Waals surface area contributed by atoms with Crippen LogP contribution in [0.4, 0.5) is 5.69 Å². The van der Waals surface area contributed by atoms with E-state index in [0.717, 1.165) is 36.8 Å². The van der Waals surface area contributed by atoms with Crippen molar-refractivity contribution in [2.24, 2.45) is 0 Å². The van der Waals surface area contributed by atoms with E-state index >= 15 is 0 Å². The van der Waals surface area contributed by atoms with Crippen LogP contribution in [0.5, 0.6) is 11.5 Å². The Balaban J connectivity index is 2.05. The first kappa shape index (κ1) is 30.8. The summed E-state index contributed by atoms with van der Waals surface area (Å²) in [4.78, 5) is 42.0. The fraction of sp³-hybridized carbons (Fsp3) is 0.500. The summed E-state index contributed by atoms with van der Waals surface area (Å²) in [6.45, 7) is 4.50. The molecule has 1 heterocycles. The van der Waals surface area contributed by atoms with Gasteiger partial charge in [-0.1, -0.05) is 38.3 Å². The van der Waals surface area contributed by atoms with E-state index < -0.39 is 11.9 Å². The van der Waals surface area contributed by atoms with Crippen molar-refractivity contribution in [3.8, 4) is 11.5 Å². The number of carbonyl (C=O) groups excluding carboxylic acids is 3. The summed E-state index contributed by atoms with van der Waals surface area (Å²) in [6.07, 6.45) is 7.61. The lowest BCUT2D eigenvalue weighted by Gasteiger charge is -2.27. The number of nitrogens with one attached hydrogen (secondary N) is 1. The Hall–Kier alpha value is -2.71. The first-order valence-corrected chi connectivity index (χ1v) is 15.5. The summed E-state index contributed by atoms with van der Waals surface area (Å²) in [7, 11) is 1.58. The Kier molecular flexibility index (Phi) is 12.0. The number of rotatable bonds is 16. The number of alkyl halides is 1. The molecule has 1 aliphatic rings. The van der Waals surface area contributed by atoms with E-state index in [1.807, 2.05) is 31.4 Å². The van der Waals surface area contributed by atoms with Crippen molar-refractivity contribution in [2.75, 3.05) is 36.9 Å². The summed E-state index contributed by atoms with van der Waals surface area (Å²) < 4.78 is 11.2. The highest BCUT2D eigenvalue weighted by Crippen LogP contribution is 2.40. The molecule has 1 N–H and O–H groups in total. The van der Waals surface area contributed by atoms with Crippen LogP contribution in [0.1, 0.15) is 90.3 Å². The van der Waals surface area contributed by atoms with Crippen molar-refractivity contribution in [3.05, 3.63) is 52.6 Å². The number of carbonyl (C=O) groups is 3. The molecule has 9 heteroatoms. The zero-order valence-corrected chi connectivity index (χ0v) is 24.9. The summed E-state index contributed by atoms with van der Waals surface area (Å²) in [5, 5.41) is 2.86. The first-order chi connectivity index (χ1) is 18.9. The molecule has 0 radical (unpaired) electrons. The second kappa shape index (κ2) is 15.2. The van der Waals surface area contributed by atoms with Gasteiger partial charge in [0, 0.05) is 18.1 Å². The van der Waals surface area contributed by atoms with E-state index in [-0.39, 0.29) is 23.8 Å². The molecular weight excluding hydrogens is 536 g/mol. The fourth-order valence-corrected chi connectivity index (χ4v) is 5.66. The first-order valence-electron chi connectivity index (χ1n) is 13.6. The molecule has 0 saturated heterocycles. The number of hydrogen-bond acceptors (Lipinski definition) is 6. The maximum absolute atomic E-state index is 14.1. The van der Waals surface area contributed by atoms with Gasteiger partial charge in [-0.05, 0) is 61.8 Å². The van der Waals surface area contributed by atoms with Crippen molar-refractivity contribution in [3.63, 3.8) is 0 Å². The molecule has 7 nitrogen and oxygen atoms in total. The highest BCUT2D eigenvalue weighted by molar-refractivity contribution is 7.98. The molecule has 1 aliphatic heterocycles. The molecule has 0 fully saturated rings. The predicted octanol–water partition coefficient (Wildman–Crippen LogP) is 6.87. The molecule has 0 aromatic heterocycles. The third kappa shape index (κ3) is 7.28. The van der Waals surface area contributed by atoms with Crippen molar-refractivity contribution >= 4 is 46.8 Å². The van der Waals surface area contributed by atoms with Crippen LogP contribution in [0.15, 0.2) is 30.3 Å². The molecule has 1 unspecified atom stereocenters. The monoisotopic (exact) mass is 574 g/mol. The molecule has 0 bridgehead atoms. The SMILES string of the molecule is CCCCCCc1ccc(NC(=O)CCCCl)c2c1C(=O)N(C(CSC)c1ccc(OC)c(OCC)c1)C2=O. The van der Waals surface area contributed by atoms with Gasteiger partial charge in [0.05, 0.1) is 36.6 Å². The lowest BCUT2D eigenvalue weighted by molar-refractivity contribution is -0.116. The zero-order chi connectivity index (χ0) is 28.4. The molecule has 39 heavy (non-hydrogen) atoms. The molecule has 2 aromatic carbocycles. The zero-order valence-electron chi connectivity index (χ0n) is 23.3. The fourth-order valence-electron chi connectivity index (χ4n) is 4.87. The number of methoxy groups -OCH3 is 1. The van der Waals surface area contributed by atoms with Gasteiger partial charge in [0.1, 0.15) is 0 Å². The van der Waals surface area contributed by atoms with Crippen LogP contribution in [-0.2, 0) is 11.2 Å². The van der Waals surface area contributed by atoms with Gasteiger partial charge < -0.3 is 14.8 Å². The van der Waals surface area contributed by atoms with Crippen molar-refractivity contribution in [1.29, 1.82) is 0 Å². The molecule has 2 aromatic rings. The standard InChI is InChI=1S/C30H39ClN2O5S/c1-5-7-8-9-11-20-13-15-22(32-26(34)12-10-17-31)28-27(20)29(35)33(30(28)36)23(19-39-4)21-14-16-24(37-3)25(18-21)38-6-2/h13-16,18,23H,5-12,17,19H2,1-4H3,(H,32,34).